The molecule has 1 aliphatic heterocycles. The van der Waals surface area contributed by atoms with Crippen LogP contribution in [0.2, 0.25) is 5.02 Å². The zero-order valence-electron chi connectivity index (χ0n) is 23.5. The van der Waals surface area contributed by atoms with Crippen molar-refractivity contribution in [3.63, 3.8) is 0 Å². The van der Waals surface area contributed by atoms with E-state index in [0.29, 0.717) is 5.41 Å². The first-order valence-corrected chi connectivity index (χ1v) is 15.3. The number of rotatable bonds is 7. The average molecular weight is 565 g/mol. The van der Waals surface area contributed by atoms with Crippen molar-refractivity contribution < 1.29 is 4.74 Å². The van der Waals surface area contributed by atoms with Crippen molar-refractivity contribution >= 4 is 40.0 Å². The summed E-state index contributed by atoms with van der Waals surface area (Å²) in [6.45, 7) is 9.17. The summed E-state index contributed by atoms with van der Waals surface area (Å²) >= 11 is 6.24. The summed E-state index contributed by atoms with van der Waals surface area (Å²) in [5.41, 5.74) is 8.17. The lowest BCUT2D eigenvalue weighted by molar-refractivity contribution is 0.118. The molecule has 5 nitrogen and oxygen atoms in total. The summed E-state index contributed by atoms with van der Waals surface area (Å²) in [4.78, 5) is 12.7. The normalized spacial score (nSPS) is 19.0. The molecule has 2 aromatic heterocycles. The Morgan fingerprint density at radius 2 is 1.83 bits per heavy atom. The third kappa shape index (κ3) is 5.41. The first-order chi connectivity index (χ1) is 20.1. The van der Waals surface area contributed by atoms with Crippen LogP contribution in [0, 0.1) is 5.41 Å². The van der Waals surface area contributed by atoms with Gasteiger partial charge in [-0.3, -0.25) is 4.90 Å². The van der Waals surface area contributed by atoms with Gasteiger partial charge in [0.15, 0.2) is 0 Å². The summed E-state index contributed by atoms with van der Waals surface area (Å²) in [5, 5.41) is 1.85. The van der Waals surface area contributed by atoms with E-state index in [1.807, 2.05) is 36.5 Å². The Labute approximate surface area is 247 Å². The number of ether oxygens (including phenoxy) is 1. The van der Waals surface area contributed by atoms with Gasteiger partial charge in [0, 0.05) is 66.6 Å². The van der Waals surface area contributed by atoms with Crippen molar-refractivity contribution in [2.45, 2.75) is 38.5 Å². The van der Waals surface area contributed by atoms with E-state index in [-0.39, 0.29) is 0 Å². The van der Waals surface area contributed by atoms with Gasteiger partial charge in [-0.05, 0) is 85.1 Å². The second kappa shape index (κ2) is 11.0. The van der Waals surface area contributed by atoms with E-state index in [0.717, 1.165) is 65.8 Å². The minimum Gasteiger partial charge on any atom is -0.455 e. The molecule has 1 N–H and O–H groups in total. The lowest BCUT2D eigenvalue weighted by Crippen LogP contribution is -2.47. The van der Waals surface area contributed by atoms with Crippen molar-refractivity contribution in [2.75, 3.05) is 37.6 Å². The number of H-pyrrole nitrogens is 1. The summed E-state index contributed by atoms with van der Waals surface area (Å²) < 4.78 is 6.32. The Morgan fingerprint density at radius 1 is 1.00 bits per heavy atom. The maximum absolute atomic E-state index is 6.32. The lowest BCUT2D eigenvalue weighted by Gasteiger charge is -2.47. The third-order valence-corrected chi connectivity index (χ3v) is 9.77. The smallest absolute Gasteiger partial charge is 0.146 e. The van der Waals surface area contributed by atoms with Gasteiger partial charge in [-0.15, -0.1) is 0 Å². The zero-order chi connectivity index (χ0) is 27.8. The number of pyridine rings is 1. The molecule has 41 heavy (non-hydrogen) atoms. The molecule has 0 amide bonds. The topological polar surface area (TPSA) is 44.4 Å². The van der Waals surface area contributed by atoms with Gasteiger partial charge in [0.25, 0.3) is 0 Å². The summed E-state index contributed by atoms with van der Waals surface area (Å²) in [7, 11) is 0. The van der Waals surface area contributed by atoms with Crippen molar-refractivity contribution in [2.24, 2.45) is 5.41 Å². The van der Waals surface area contributed by atoms with Crippen molar-refractivity contribution in [3.05, 3.63) is 95.3 Å². The maximum Gasteiger partial charge on any atom is 0.146 e. The number of nitrogens with zero attached hydrogens (tertiary/aromatic N) is 3. The first-order valence-electron chi connectivity index (χ1n) is 14.9. The van der Waals surface area contributed by atoms with E-state index in [2.05, 4.69) is 56.7 Å². The highest BCUT2D eigenvalue weighted by atomic mass is 35.5. The molecule has 0 unspecified atom stereocenters. The molecule has 6 heteroatoms. The molecule has 2 aromatic carbocycles. The number of allylic oxidation sites excluding steroid dienone is 1. The number of fused-ring (bicyclic) bond motifs is 1. The fourth-order valence-electron chi connectivity index (χ4n) is 6.90. The highest BCUT2D eigenvalue weighted by molar-refractivity contribution is 6.30. The molecule has 210 valence electrons. The Bertz CT molecular complexity index is 1590. The van der Waals surface area contributed by atoms with Crippen LogP contribution in [0.15, 0.2) is 79.1 Å². The quantitative estimate of drug-likeness (QED) is 0.244. The fraction of sp³-hybridized carbons (Fsp3) is 0.343. The van der Waals surface area contributed by atoms with Crippen LogP contribution >= 0.6 is 11.6 Å². The minimum atomic E-state index is 0.554. The number of halogens is 1. The molecular formula is C35H37ClN4O. The van der Waals surface area contributed by atoms with Gasteiger partial charge in [-0.1, -0.05) is 48.4 Å². The molecule has 1 spiro atoms. The van der Waals surface area contributed by atoms with Crippen LogP contribution < -0.4 is 9.64 Å². The number of benzene rings is 2. The number of aromatic nitrogens is 2. The minimum absolute atomic E-state index is 0.554. The number of nitrogens with one attached hydrogen (secondary N) is 1. The molecule has 2 fully saturated rings. The van der Waals surface area contributed by atoms with Gasteiger partial charge in [0.2, 0.25) is 0 Å². The van der Waals surface area contributed by atoms with Gasteiger partial charge in [0.1, 0.15) is 17.1 Å². The Morgan fingerprint density at radius 3 is 2.59 bits per heavy atom. The van der Waals surface area contributed by atoms with Gasteiger partial charge < -0.3 is 14.6 Å². The van der Waals surface area contributed by atoms with Gasteiger partial charge in [0.05, 0.1) is 6.20 Å². The number of piperazine rings is 1. The SMILES string of the molecule is C=Cc1ccc(N2CCN(CC3=C(c4ccc(Cl)cc4)CC4(CCC4)CC3)CC2)cc1Oc1cnc2[nH]ccc2c1. The molecule has 3 aliphatic rings. The maximum atomic E-state index is 6.32. The second-order valence-electron chi connectivity index (χ2n) is 12.0. The number of hydrogen-bond donors (Lipinski definition) is 1. The molecule has 0 radical (unpaired) electrons. The predicted octanol–water partition coefficient (Wildman–Crippen LogP) is 8.58. The number of anilines is 1. The Kier molecular flexibility index (Phi) is 7.09. The molecule has 7 rings (SSSR count). The van der Waals surface area contributed by atoms with E-state index in [4.69, 9.17) is 16.3 Å². The second-order valence-corrected chi connectivity index (χ2v) is 12.4. The summed E-state index contributed by atoms with van der Waals surface area (Å²) in [5.74, 6) is 1.53. The van der Waals surface area contributed by atoms with E-state index < -0.39 is 0 Å². The zero-order valence-corrected chi connectivity index (χ0v) is 24.3. The highest BCUT2D eigenvalue weighted by Crippen LogP contribution is 2.55. The molecule has 1 saturated carbocycles. The molecule has 3 heterocycles. The largest absolute Gasteiger partial charge is 0.455 e. The number of hydrogen-bond acceptors (Lipinski definition) is 4. The number of aromatic amines is 1. The molecule has 1 saturated heterocycles. The van der Waals surface area contributed by atoms with Crippen LogP contribution in [0.1, 0.15) is 49.7 Å². The molecule has 4 aromatic rings. The van der Waals surface area contributed by atoms with Crippen LogP contribution in [0.25, 0.3) is 22.7 Å². The van der Waals surface area contributed by atoms with Crippen LogP contribution in [-0.2, 0) is 0 Å². The van der Waals surface area contributed by atoms with Crippen molar-refractivity contribution in [3.8, 4) is 11.5 Å². The van der Waals surface area contributed by atoms with Crippen molar-refractivity contribution in [1.29, 1.82) is 0 Å². The van der Waals surface area contributed by atoms with E-state index in [1.165, 1.54) is 49.8 Å². The van der Waals surface area contributed by atoms with Gasteiger partial charge >= 0.3 is 0 Å². The fourth-order valence-corrected chi connectivity index (χ4v) is 7.03. The van der Waals surface area contributed by atoms with Crippen LogP contribution in [0.5, 0.6) is 11.5 Å². The molecular weight excluding hydrogens is 528 g/mol. The lowest BCUT2D eigenvalue weighted by atomic mass is 9.59. The van der Waals surface area contributed by atoms with E-state index in [9.17, 15) is 0 Å². The van der Waals surface area contributed by atoms with Crippen LogP contribution in [0.3, 0.4) is 0 Å². The van der Waals surface area contributed by atoms with E-state index >= 15 is 0 Å². The molecule has 0 atom stereocenters. The molecule has 0 bridgehead atoms. The van der Waals surface area contributed by atoms with Gasteiger partial charge in [-0.2, -0.15) is 0 Å². The Balaban J connectivity index is 1.05. The summed E-state index contributed by atoms with van der Waals surface area (Å²) in [6.07, 6.45) is 13.5. The van der Waals surface area contributed by atoms with Gasteiger partial charge in [-0.25, -0.2) is 4.98 Å². The standard InChI is InChI=1S/C35H37ClN4O/c1-2-25-6-9-30(21-33(25)41-31-20-27-11-15-37-34(27)38-23-31)40-18-16-39(17-19-40)24-28-10-14-35(12-3-13-35)22-32(28)26-4-7-29(36)8-5-26/h2,4-9,11,15,20-21,23H,1,3,10,12-14,16-19,22,24H2,(H,37,38). The Hall–Kier alpha value is -3.54. The van der Waals surface area contributed by atoms with Crippen molar-refractivity contribution in [1.82, 2.24) is 14.9 Å². The first kappa shape index (κ1) is 26.4. The van der Waals surface area contributed by atoms with E-state index in [1.54, 1.807) is 17.3 Å². The predicted molar refractivity (Wildman–Crippen MR) is 170 cm³/mol. The van der Waals surface area contributed by atoms with Crippen LogP contribution in [0.4, 0.5) is 5.69 Å². The van der Waals surface area contributed by atoms with Crippen LogP contribution in [-0.4, -0.2) is 47.6 Å². The average Bonchev–Trinajstić information content (AvgIpc) is 3.46. The molecule has 2 aliphatic carbocycles. The highest BCUT2D eigenvalue weighted by Gasteiger charge is 2.40. The summed E-state index contributed by atoms with van der Waals surface area (Å²) in [6, 6.07) is 19.0. The monoisotopic (exact) mass is 564 g/mol. The third-order valence-electron chi connectivity index (χ3n) is 9.51.